The molecule has 0 spiro atoms. The number of amides is 1. The van der Waals surface area contributed by atoms with Gasteiger partial charge in [-0.15, -0.1) is 12.4 Å². The predicted molar refractivity (Wildman–Crippen MR) is 82.5 cm³/mol. The Bertz CT molecular complexity index is 673. The van der Waals surface area contributed by atoms with Crippen molar-refractivity contribution in [3.05, 3.63) is 58.6 Å². The van der Waals surface area contributed by atoms with Crippen molar-refractivity contribution in [3.63, 3.8) is 0 Å². The highest BCUT2D eigenvalue weighted by molar-refractivity contribution is 6.31. The van der Waals surface area contributed by atoms with Crippen molar-refractivity contribution in [2.24, 2.45) is 0 Å². The van der Waals surface area contributed by atoms with Crippen LogP contribution in [0.2, 0.25) is 5.02 Å². The number of anilines is 2. The lowest BCUT2D eigenvalue weighted by atomic mass is 10.1. The zero-order valence-corrected chi connectivity index (χ0v) is 12.5. The van der Waals surface area contributed by atoms with E-state index in [0.717, 1.165) is 12.1 Å². The van der Waals surface area contributed by atoms with Crippen LogP contribution >= 0.6 is 24.0 Å². The molecule has 3 nitrogen and oxygen atoms in total. The van der Waals surface area contributed by atoms with Crippen molar-refractivity contribution in [1.29, 1.82) is 0 Å². The van der Waals surface area contributed by atoms with Crippen molar-refractivity contribution in [3.8, 4) is 0 Å². The highest BCUT2D eigenvalue weighted by atomic mass is 35.5. The summed E-state index contributed by atoms with van der Waals surface area (Å²) < 4.78 is 38.2. The van der Waals surface area contributed by atoms with Gasteiger partial charge in [-0.3, -0.25) is 4.79 Å². The number of nitrogens with two attached hydrogens (primary N) is 1. The quantitative estimate of drug-likeness (QED) is 0.776. The van der Waals surface area contributed by atoms with Gasteiger partial charge in [-0.1, -0.05) is 11.6 Å². The van der Waals surface area contributed by atoms with Crippen LogP contribution in [0.3, 0.4) is 0 Å². The van der Waals surface area contributed by atoms with E-state index in [-0.39, 0.29) is 23.7 Å². The highest BCUT2D eigenvalue weighted by Gasteiger charge is 2.33. The van der Waals surface area contributed by atoms with E-state index < -0.39 is 22.7 Å². The lowest BCUT2D eigenvalue weighted by Crippen LogP contribution is -2.13. The number of nitrogens with one attached hydrogen (secondary N) is 1. The zero-order chi connectivity index (χ0) is 15.6. The predicted octanol–water partition coefficient (Wildman–Crippen LogP) is 4.62. The van der Waals surface area contributed by atoms with Crippen molar-refractivity contribution >= 4 is 41.3 Å². The minimum atomic E-state index is -4.58. The van der Waals surface area contributed by atoms with Gasteiger partial charge in [0, 0.05) is 16.9 Å². The van der Waals surface area contributed by atoms with Crippen LogP contribution in [0.15, 0.2) is 42.5 Å². The van der Waals surface area contributed by atoms with Crippen LogP contribution in [0.5, 0.6) is 0 Å². The van der Waals surface area contributed by atoms with Crippen LogP contribution in [-0.4, -0.2) is 5.91 Å². The Morgan fingerprint density at radius 3 is 2.23 bits per heavy atom. The molecule has 2 aromatic rings. The van der Waals surface area contributed by atoms with Crippen molar-refractivity contribution in [1.82, 2.24) is 0 Å². The van der Waals surface area contributed by atoms with Gasteiger partial charge in [0.15, 0.2) is 0 Å². The highest BCUT2D eigenvalue weighted by Crippen LogP contribution is 2.36. The summed E-state index contributed by atoms with van der Waals surface area (Å²) in [6.45, 7) is 0. The van der Waals surface area contributed by atoms with E-state index in [1.54, 1.807) is 0 Å². The van der Waals surface area contributed by atoms with Gasteiger partial charge < -0.3 is 11.1 Å². The Labute approximate surface area is 135 Å². The van der Waals surface area contributed by atoms with E-state index in [0.29, 0.717) is 5.69 Å². The molecule has 0 radical (unpaired) electrons. The Morgan fingerprint density at radius 2 is 1.68 bits per heavy atom. The fourth-order valence-corrected chi connectivity index (χ4v) is 1.88. The molecule has 1 amide bonds. The molecule has 8 heteroatoms. The van der Waals surface area contributed by atoms with Gasteiger partial charge in [-0.2, -0.15) is 13.2 Å². The average molecular weight is 351 g/mol. The van der Waals surface area contributed by atoms with Crippen LogP contribution in [0.4, 0.5) is 24.5 Å². The van der Waals surface area contributed by atoms with E-state index in [1.807, 2.05) is 0 Å². The summed E-state index contributed by atoms with van der Waals surface area (Å²) in [4.78, 5) is 11.9. The van der Waals surface area contributed by atoms with Gasteiger partial charge in [0.1, 0.15) is 0 Å². The van der Waals surface area contributed by atoms with Crippen molar-refractivity contribution < 1.29 is 18.0 Å². The summed E-state index contributed by atoms with van der Waals surface area (Å²) >= 11 is 5.51. The number of carbonyl (C=O) groups excluding carboxylic acids is 1. The average Bonchev–Trinajstić information content (AvgIpc) is 2.40. The number of alkyl halides is 3. The molecular formula is C14H11Cl2F3N2O. The molecule has 3 N–H and O–H groups in total. The topological polar surface area (TPSA) is 55.1 Å². The molecule has 0 saturated carbocycles. The Balaban J connectivity index is 0.00000242. The minimum absolute atomic E-state index is 0. The summed E-state index contributed by atoms with van der Waals surface area (Å²) in [5, 5.41) is 1.96. The number of benzene rings is 2. The molecule has 0 aliphatic carbocycles. The molecule has 22 heavy (non-hydrogen) atoms. The number of nitrogen functional groups attached to an aromatic ring is 1. The van der Waals surface area contributed by atoms with Crippen LogP contribution in [0, 0.1) is 0 Å². The number of hydrogen-bond acceptors (Lipinski definition) is 2. The van der Waals surface area contributed by atoms with Gasteiger partial charge in [0.2, 0.25) is 0 Å². The third-order valence-corrected chi connectivity index (χ3v) is 3.03. The van der Waals surface area contributed by atoms with Crippen LogP contribution in [0.25, 0.3) is 0 Å². The largest absolute Gasteiger partial charge is 0.417 e. The van der Waals surface area contributed by atoms with E-state index in [1.165, 1.54) is 30.3 Å². The van der Waals surface area contributed by atoms with Crippen LogP contribution < -0.4 is 11.1 Å². The number of carbonyl (C=O) groups is 1. The summed E-state index contributed by atoms with van der Waals surface area (Å²) in [5.41, 5.74) is 5.27. The Morgan fingerprint density at radius 1 is 1.09 bits per heavy atom. The van der Waals surface area contributed by atoms with Crippen molar-refractivity contribution in [2.75, 3.05) is 11.1 Å². The third-order valence-electron chi connectivity index (χ3n) is 2.70. The second-order valence-corrected chi connectivity index (χ2v) is 4.68. The summed E-state index contributed by atoms with van der Waals surface area (Å²) in [7, 11) is 0. The molecule has 0 atom stereocenters. The number of hydrogen-bond donors (Lipinski definition) is 2. The molecule has 118 valence electrons. The number of halogens is 5. The first kappa shape index (κ1) is 18.1. The van der Waals surface area contributed by atoms with Gasteiger partial charge in [-0.25, -0.2) is 0 Å². The van der Waals surface area contributed by atoms with Gasteiger partial charge in [0.05, 0.1) is 10.6 Å². The summed E-state index contributed by atoms with van der Waals surface area (Å²) in [6, 6.07) is 9.18. The molecular weight excluding hydrogens is 340 g/mol. The monoisotopic (exact) mass is 350 g/mol. The van der Waals surface area contributed by atoms with Gasteiger partial charge in [-0.05, 0) is 42.5 Å². The molecule has 0 aliphatic heterocycles. The molecule has 0 heterocycles. The van der Waals surface area contributed by atoms with E-state index in [4.69, 9.17) is 17.3 Å². The second kappa shape index (κ2) is 6.89. The number of rotatable bonds is 2. The van der Waals surface area contributed by atoms with Crippen molar-refractivity contribution in [2.45, 2.75) is 6.18 Å². The van der Waals surface area contributed by atoms with E-state index >= 15 is 0 Å². The Kier molecular flexibility index (Phi) is 5.68. The maximum Gasteiger partial charge on any atom is 0.417 e. The minimum Gasteiger partial charge on any atom is -0.399 e. The Hall–Kier alpha value is -1.92. The maximum atomic E-state index is 12.7. The normalized spacial score (nSPS) is 10.7. The van der Waals surface area contributed by atoms with Gasteiger partial charge >= 0.3 is 6.18 Å². The SMILES string of the molecule is Cl.Nc1ccc(C(=O)Nc2ccc(Cl)c(C(F)(F)F)c2)cc1. The lowest BCUT2D eigenvalue weighted by Gasteiger charge is -2.11. The molecule has 0 saturated heterocycles. The zero-order valence-electron chi connectivity index (χ0n) is 10.9. The van der Waals surface area contributed by atoms with E-state index in [9.17, 15) is 18.0 Å². The first-order chi connectivity index (χ1) is 9.77. The maximum absolute atomic E-state index is 12.7. The molecule has 0 bridgehead atoms. The first-order valence-corrected chi connectivity index (χ1v) is 6.19. The fraction of sp³-hybridized carbons (Fsp3) is 0.0714. The fourth-order valence-electron chi connectivity index (χ4n) is 1.66. The smallest absolute Gasteiger partial charge is 0.399 e. The summed E-state index contributed by atoms with van der Waals surface area (Å²) in [5.74, 6) is -0.537. The van der Waals surface area contributed by atoms with E-state index in [2.05, 4.69) is 5.32 Å². The molecule has 2 rings (SSSR count). The first-order valence-electron chi connectivity index (χ1n) is 5.81. The standard InChI is InChI=1S/C14H10ClF3N2O.ClH/c15-12-6-5-10(7-11(12)14(16,17)18)20-13(21)8-1-3-9(19)4-2-8;/h1-7H,19H2,(H,20,21);1H. The second-order valence-electron chi connectivity index (χ2n) is 4.27. The molecule has 0 aliphatic rings. The molecule has 0 fully saturated rings. The summed E-state index contributed by atoms with van der Waals surface area (Å²) in [6.07, 6.45) is -4.58. The molecule has 0 aromatic heterocycles. The van der Waals surface area contributed by atoms with Crippen LogP contribution in [-0.2, 0) is 6.18 Å². The van der Waals surface area contributed by atoms with Gasteiger partial charge in [0.25, 0.3) is 5.91 Å². The lowest BCUT2D eigenvalue weighted by molar-refractivity contribution is -0.137. The third kappa shape index (κ3) is 4.29. The molecule has 0 unspecified atom stereocenters. The molecule has 2 aromatic carbocycles. The van der Waals surface area contributed by atoms with Crippen LogP contribution in [0.1, 0.15) is 15.9 Å².